The zero-order chi connectivity index (χ0) is 19.6. The summed E-state index contributed by atoms with van der Waals surface area (Å²) in [6.45, 7) is 2.65. The second-order valence-corrected chi connectivity index (χ2v) is 8.21. The molecule has 0 bridgehead atoms. The third-order valence-corrected chi connectivity index (χ3v) is 6.43. The summed E-state index contributed by atoms with van der Waals surface area (Å²) in [6, 6.07) is 9.87. The van der Waals surface area contributed by atoms with Crippen molar-refractivity contribution in [3.05, 3.63) is 58.1 Å². The second-order valence-electron chi connectivity index (χ2n) is 6.21. The Labute approximate surface area is 157 Å². The number of benzene rings is 2. The van der Waals surface area contributed by atoms with Crippen LogP contribution in [-0.4, -0.2) is 37.9 Å². The highest BCUT2D eigenvalue weighted by Gasteiger charge is 2.28. The maximum atomic E-state index is 13.0. The van der Waals surface area contributed by atoms with Crippen LogP contribution in [-0.2, 0) is 10.0 Å². The lowest BCUT2D eigenvalue weighted by Crippen LogP contribution is -2.29. The van der Waals surface area contributed by atoms with E-state index >= 15 is 0 Å². The Hall–Kier alpha value is -2.65. The average molecular weight is 392 g/mol. The Morgan fingerprint density at radius 1 is 1.11 bits per heavy atom. The SMILES string of the molecule is CC(c1cccc([N+](=O)[O-])c1)N(C)S(=O)(=O)c1ccc2c(c1)OCCCO2. The zero-order valence-electron chi connectivity index (χ0n) is 15.0. The van der Waals surface area contributed by atoms with Gasteiger partial charge in [0.15, 0.2) is 11.5 Å². The number of rotatable bonds is 5. The van der Waals surface area contributed by atoms with Gasteiger partial charge in [0, 0.05) is 37.7 Å². The molecule has 0 amide bonds. The molecule has 27 heavy (non-hydrogen) atoms. The van der Waals surface area contributed by atoms with E-state index in [-0.39, 0.29) is 10.6 Å². The highest BCUT2D eigenvalue weighted by Crippen LogP contribution is 2.34. The minimum absolute atomic E-state index is 0.0755. The Morgan fingerprint density at radius 2 is 1.81 bits per heavy atom. The van der Waals surface area contributed by atoms with E-state index in [0.29, 0.717) is 30.3 Å². The number of hydrogen-bond donors (Lipinski definition) is 0. The van der Waals surface area contributed by atoms with Crippen molar-refractivity contribution >= 4 is 15.7 Å². The molecule has 2 aromatic carbocycles. The predicted octanol–water partition coefficient (Wildman–Crippen LogP) is 3.14. The molecular formula is C18H20N2O6S. The second kappa shape index (κ2) is 7.53. The van der Waals surface area contributed by atoms with Gasteiger partial charge < -0.3 is 9.47 Å². The van der Waals surface area contributed by atoms with Crippen molar-refractivity contribution in [2.45, 2.75) is 24.3 Å². The van der Waals surface area contributed by atoms with E-state index in [0.717, 1.165) is 6.42 Å². The van der Waals surface area contributed by atoms with Gasteiger partial charge in [-0.15, -0.1) is 0 Å². The van der Waals surface area contributed by atoms with Crippen molar-refractivity contribution in [1.82, 2.24) is 4.31 Å². The van der Waals surface area contributed by atoms with Crippen molar-refractivity contribution < 1.29 is 22.8 Å². The maximum absolute atomic E-state index is 13.0. The zero-order valence-corrected chi connectivity index (χ0v) is 15.8. The summed E-state index contributed by atoms with van der Waals surface area (Å²) in [7, 11) is -2.39. The number of ether oxygens (including phenoxy) is 2. The molecule has 8 nitrogen and oxygen atoms in total. The highest BCUT2D eigenvalue weighted by atomic mass is 32.2. The maximum Gasteiger partial charge on any atom is 0.269 e. The van der Waals surface area contributed by atoms with Crippen LogP contribution in [0.3, 0.4) is 0 Å². The standard InChI is InChI=1S/C18H20N2O6S/c1-13(14-5-3-6-15(11-14)20(21)22)19(2)27(23,24)16-7-8-17-18(12-16)26-10-4-9-25-17/h3,5-8,11-13H,4,9-10H2,1-2H3. The molecular weight excluding hydrogens is 372 g/mol. The summed E-state index contributed by atoms with van der Waals surface area (Å²) in [6.07, 6.45) is 0.723. The largest absolute Gasteiger partial charge is 0.490 e. The first-order chi connectivity index (χ1) is 12.8. The summed E-state index contributed by atoms with van der Waals surface area (Å²) in [5, 5.41) is 11.0. The Balaban J connectivity index is 1.91. The molecule has 1 atom stereocenters. The molecule has 0 fully saturated rings. The van der Waals surface area contributed by atoms with Gasteiger partial charge >= 0.3 is 0 Å². The predicted molar refractivity (Wildman–Crippen MR) is 98.5 cm³/mol. The number of nitro benzene ring substituents is 1. The minimum atomic E-state index is -3.84. The summed E-state index contributed by atoms with van der Waals surface area (Å²) < 4.78 is 38.4. The first-order valence-electron chi connectivity index (χ1n) is 8.43. The monoisotopic (exact) mass is 392 g/mol. The molecule has 0 aromatic heterocycles. The topological polar surface area (TPSA) is 99.0 Å². The van der Waals surface area contributed by atoms with Gasteiger partial charge in [-0.25, -0.2) is 8.42 Å². The molecule has 9 heteroatoms. The van der Waals surface area contributed by atoms with Crippen molar-refractivity contribution in [3.63, 3.8) is 0 Å². The molecule has 144 valence electrons. The van der Waals surface area contributed by atoms with E-state index in [9.17, 15) is 18.5 Å². The van der Waals surface area contributed by atoms with Crippen LogP contribution in [0.5, 0.6) is 11.5 Å². The van der Waals surface area contributed by atoms with E-state index in [4.69, 9.17) is 9.47 Å². The van der Waals surface area contributed by atoms with E-state index in [1.807, 2.05) is 0 Å². The smallest absolute Gasteiger partial charge is 0.269 e. The lowest BCUT2D eigenvalue weighted by atomic mass is 10.1. The molecule has 1 heterocycles. The van der Waals surface area contributed by atoms with E-state index in [1.54, 1.807) is 19.1 Å². The van der Waals surface area contributed by atoms with E-state index < -0.39 is 21.0 Å². The molecule has 3 rings (SSSR count). The number of sulfonamides is 1. The quantitative estimate of drug-likeness (QED) is 0.573. The van der Waals surface area contributed by atoms with Gasteiger partial charge in [-0.1, -0.05) is 12.1 Å². The highest BCUT2D eigenvalue weighted by molar-refractivity contribution is 7.89. The fraction of sp³-hybridized carbons (Fsp3) is 0.333. The van der Waals surface area contributed by atoms with Crippen LogP contribution >= 0.6 is 0 Å². The third kappa shape index (κ3) is 3.88. The van der Waals surface area contributed by atoms with Crippen molar-refractivity contribution in [2.24, 2.45) is 0 Å². The number of non-ortho nitro benzene ring substituents is 1. The van der Waals surface area contributed by atoms with E-state index in [2.05, 4.69) is 0 Å². The van der Waals surface area contributed by atoms with Gasteiger partial charge in [-0.3, -0.25) is 10.1 Å². The molecule has 0 radical (unpaired) electrons. The fourth-order valence-electron chi connectivity index (χ4n) is 2.79. The van der Waals surface area contributed by atoms with Crippen LogP contribution in [0.1, 0.15) is 24.9 Å². The molecule has 0 N–H and O–H groups in total. The summed E-state index contributed by atoms with van der Waals surface area (Å²) in [4.78, 5) is 10.5. The summed E-state index contributed by atoms with van der Waals surface area (Å²) >= 11 is 0. The van der Waals surface area contributed by atoms with Crippen LogP contribution in [0.2, 0.25) is 0 Å². The molecule has 2 aromatic rings. The van der Waals surface area contributed by atoms with Crippen LogP contribution < -0.4 is 9.47 Å². The number of fused-ring (bicyclic) bond motifs is 1. The molecule has 0 aliphatic carbocycles. The van der Waals surface area contributed by atoms with Gasteiger partial charge in [0.2, 0.25) is 10.0 Å². The number of nitrogens with zero attached hydrogens (tertiary/aromatic N) is 2. The normalized spacial score (nSPS) is 15.2. The average Bonchev–Trinajstić information content (AvgIpc) is 2.91. The lowest BCUT2D eigenvalue weighted by molar-refractivity contribution is -0.384. The van der Waals surface area contributed by atoms with Crippen LogP contribution in [0, 0.1) is 10.1 Å². The van der Waals surface area contributed by atoms with Gasteiger partial charge in [0.1, 0.15) is 0 Å². The molecule has 0 spiro atoms. The van der Waals surface area contributed by atoms with Crippen LogP contribution in [0.15, 0.2) is 47.4 Å². The fourth-order valence-corrected chi connectivity index (χ4v) is 4.15. The molecule has 1 aliphatic rings. The first-order valence-corrected chi connectivity index (χ1v) is 9.87. The molecule has 0 saturated heterocycles. The van der Waals surface area contributed by atoms with E-state index in [1.165, 1.54) is 41.7 Å². The van der Waals surface area contributed by atoms with Crippen molar-refractivity contribution in [2.75, 3.05) is 20.3 Å². The summed E-state index contributed by atoms with van der Waals surface area (Å²) in [5.41, 5.74) is 0.449. The molecule has 1 aliphatic heterocycles. The Bertz CT molecular complexity index is 960. The van der Waals surface area contributed by atoms with Gasteiger partial charge in [0.05, 0.1) is 23.0 Å². The van der Waals surface area contributed by atoms with Gasteiger partial charge in [-0.05, 0) is 24.6 Å². The van der Waals surface area contributed by atoms with Crippen molar-refractivity contribution in [1.29, 1.82) is 0 Å². The lowest BCUT2D eigenvalue weighted by Gasteiger charge is -2.25. The Morgan fingerprint density at radius 3 is 2.52 bits per heavy atom. The minimum Gasteiger partial charge on any atom is -0.490 e. The van der Waals surface area contributed by atoms with Crippen LogP contribution in [0.25, 0.3) is 0 Å². The summed E-state index contributed by atoms with van der Waals surface area (Å²) in [5.74, 6) is 0.908. The Kier molecular flexibility index (Phi) is 5.33. The third-order valence-electron chi connectivity index (χ3n) is 4.50. The number of nitro groups is 1. The molecule has 1 unspecified atom stereocenters. The van der Waals surface area contributed by atoms with Crippen molar-refractivity contribution in [3.8, 4) is 11.5 Å². The van der Waals surface area contributed by atoms with Crippen LogP contribution in [0.4, 0.5) is 5.69 Å². The molecule has 0 saturated carbocycles. The van der Waals surface area contributed by atoms with Gasteiger partial charge in [0.25, 0.3) is 5.69 Å². The first kappa shape index (κ1) is 19.1. The van der Waals surface area contributed by atoms with Gasteiger partial charge in [-0.2, -0.15) is 4.31 Å². The number of hydrogen-bond acceptors (Lipinski definition) is 6.